The third kappa shape index (κ3) is 1.96. The van der Waals surface area contributed by atoms with Gasteiger partial charge in [-0.2, -0.15) is 11.8 Å². The molecule has 0 radical (unpaired) electrons. The summed E-state index contributed by atoms with van der Waals surface area (Å²) in [5, 5.41) is 4.02. The number of fused-ring (bicyclic) bond motifs is 1. The SMILES string of the molecule is CCC1SCc2c(ccc(Cl)c2F)C1NC. The van der Waals surface area contributed by atoms with E-state index in [0.717, 1.165) is 23.3 Å². The Morgan fingerprint density at radius 2 is 2.31 bits per heavy atom. The fraction of sp³-hybridized carbons (Fsp3) is 0.500. The summed E-state index contributed by atoms with van der Waals surface area (Å²) in [5.74, 6) is 0.472. The van der Waals surface area contributed by atoms with Crippen LogP contribution in [0.5, 0.6) is 0 Å². The zero-order chi connectivity index (χ0) is 11.7. The molecule has 88 valence electrons. The smallest absolute Gasteiger partial charge is 0.146 e. The van der Waals surface area contributed by atoms with Crippen molar-refractivity contribution in [2.45, 2.75) is 30.4 Å². The van der Waals surface area contributed by atoms with Crippen molar-refractivity contribution in [2.24, 2.45) is 0 Å². The van der Waals surface area contributed by atoms with Gasteiger partial charge in [-0.3, -0.25) is 0 Å². The van der Waals surface area contributed by atoms with Crippen LogP contribution in [0.3, 0.4) is 0 Å². The third-order valence-electron chi connectivity index (χ3n) is 3.09. The molecule has 2 atom stereocenters. The number of hydrogen-bond donors (Lipinski definition) is 1. The Kier molecular flexibility index (Phi) is 3.77. The van der Waals surface area contributed by atoms with Crippen molar-refractivity contribution in [1.82, 2.24) is 5.32 Å². The lowest BCUT2D eigenvalue weighted by atomic mass is 9.96. The molecule has 16 heavy (non-hydrogen) atoms. The van der Waals surface area contributed by atoms with E-state index in [1.807, 2.05) is 13.1 Å². The van der Waals surface area contributed by atoms with Crippen LogP contribution in [0.15, 0.2) is 12.1 Å². The lowest BCUT2D eigenvalue weighted by molar-refractivity contribution is 0.533. The highest BCUT2D eigenvalue weighted by molar-refractivity contribution is 7.99. The zero-order valence-electron chi connectivity index (χ0n) is 9.39. The van der Waals surface area contributed by atoms with Crippen LogP contribution in [-0.4, -0.2) is 12.3 Å². The minimum Gasteiger partial charge on any atom is -0.312 e. The van der Waals surface area contributed by atoms with Gasteiger partial charge in [0, 0.05) is 22.6 Å². The normalized spacial score (nSPS) is 24.2. The number of hydrogen-bond acceptors (Lipinski definition) is 2. The van der Waals surface area contributed by atoms with E-state index in [0.29, 0.717) is 5.25 Å². The van der Waals surface area contributed by atoms with Crippen LogP contribution in [0.1, 0.15) is 30.5 Å². The maximum Gasteiger partial charge on any atom is 0.146 e. The molecule has 1 aliphatic rings. The molecule has 1 heterocycles. The second kappa shape index (κ2) is 4.94. The van der Waals surface area contributed by atoms with Crippen LogP contribution in [0, 0.1) is 5.82 Å². The first-order valence-electron chi connectivity index (χ1n) is 5.44. The van der Waals surface area contributed by atoms with Gasteiger partial charge in [0.05, 0.1) is 5.02 Å². The van der Waals surface area contributed by atoms with Crippen LogP contribution < -0.4 is 5.32 Å². The maximum absolute atomic E-state index is 13.9. The highest BCUT2D eigenvalue weighted by Gasteiger charge is 2.30. The highest BCUT2D eigenvalue weighted by atomic mass is 35.5. The van der Waals surface area contributed by atoms with Gasteiger partial charge in [0.1, 0.15) is 5.82 Å². The number of thioether (sulfide) groups is 1. The number of rotatable bonds is 2. The van der Waals surface area contributed by atoms with E-state index in [2.05, 4.69) is 12.2 Å². The molecule has 1 nitrogen and oxygen atoms in total. The first kappa shape index (κ1) is 12.2. The Morgan fingerprint density at radius 3 is 2.94 bits per heavy atom. The third-order valence-corrected chi connectivity index (χ3v) is 4.88. The fourth-order valence-electron chi connectivity index (χ4n) is 2.23. The van der Waals surface area contributed by atoms with Gasteiger partial charge in [0.2, 0.25) is 0 Å². The summed E-state index contributed by atoms with van der Waals surface area (Å²) < 4.78 is 13.9. The summed E-state index contributed by atoms with van der Waals surface area (Å²) in [6, 6.07) is 3.83. The molecule has 1 aromatic rings. The molecule has 0 amide bonds. The molecular weight excluding hydrogens is 245 g/mol. The highest BCUT2D eigenvalue weighted by Crippen LogP contribution is 2.41. The molecule has 0 aliphatic carbocycles. The predicted molar refractivity (Wildman–Crippen MR) is 68.6 cm³/mol. The van der Waals surface area contributed by atoms with Crippen LogP contribution in [-0.2, 0) is 5.75 Å². The van der Waals surface area contributed by atoms with Crippen LogP contribution in [0.2, 0.25) is 5.02 Å². The van der Waals surface area contributed by atoms with Gasteiger partial charge in [0.25, 0.3) is 0 Å². The summed E-state index contributed by atoms with van der Waals surface area (Å²) in [4.78, 5) is 0. The second-order valence-electron chi connectivity index (χ2n) is 3.95. The Bertz CT molecular complexity index is 397. The van der Waals surface area contributed by atoms with Gasteiger partial charge in [-0.1, -0.05) is 24.6 Å². The van der Waals surface area contributed by atoms with Gasteiger partial charge in [-0.15, -0.1) is 0 Å². The lowest BCUT2D eigenvalue weighted by Crippen LogP contribution is -2.31. The lowest BCUT2D eigenvalue weighted by Gasteiger charge is -2.32. The van der Waals surface area contributed by atoms with Crippen molar-refractivity contribution >= 4 is 23.4 Å². The van der Waals surface area contributed by atoms with Crippen molar-refractivity contribution in [3.63, 3.8) is 0 Å². The van der Waals surface area contributed by atoms with E-state index in [-0.39, 0.29) is 16.9 Å². The number of nitrogens with one attached hydrogen (secondary N) is 1. The molecule has 1 aliphatic heterocycles. The zero-order valence-corrected chi connectivity index (χ0v) is 11.0. The average Bonchev–Trinajstić information content (AvgIpc) is 2.32. The Morgan fingerprint density at radius 1 is 1.56 bits per heavy atom. The van der Waals surface area contributed by atoms with Crippen molar-refractivity contribution in [1.29, 1.82) is 0 Å². The van der Waals surface area contributed by atoms with E-state index in [4.69, 9.17) is 11.6 Å². The minimum absolute atomic E-state index is 0.226. The van der Waals surface area contributed by atoms with Crippen molar-refractivity contribution < 1.29 is 4.39 Å². The van der Waals surface area contributed by atoms with Gasteiger partial charge in [-0.25, -0.2) is 4.39 Å². The Labute approximate surface area is 105 Å². The molecule has 0 fully saturated rings. The quantitative estimate of drug-likeness (QED) is 0.868. The van der Waals surface area contributed by atoms with Crippen molar-refractivity contribution in [3.05, 3.63) is 34.1 Å². The van der Waals surface area contributed by atoms with Crippen LogP contribution >= 0.6 is 23.4 Å². The number of halogens is 2. The monoisotopic (exact) mass is 259 g/mol. The minimum atomic E-state index is -0.249. The predicted octanol–water partition coefficient (Wildman–Crippen LogP) is 3.77. The maximum atomic E-state index is 13.9. The molecule has 0 saturated heterocycles. The van der Waals surface area contributed by atoms with Crippen molar-refractivity contribution in [3.8, 4) is 0 Å². The Hall–Kier alpha value is -0.250. The largest absolute Gasteiger partial charge is 0.312 e. The summed E-state index contributed by atoms with van der Waals surface area (Å²) >= 11 is 7.60. The standard InChI is InChI=1S/C12H15ClFNS/c1-3-10-12(15-2)7-4-5-9(13)11(14)8(7)6-16-10/h4-5,10,12,15H,3,6H2,1-2H3. The molecule has 0 spiro atoms. The van der Waals surface area contributed by atoms with E-state index in [1.165, 1.54) is 0 Å². The molecule has 1 aromatic carbocycles. The van der Waals surface area contributed by atoms with E-state index in [1.54, 1.807) is 17.8 Å². The first-order valence-corrected chi connectivity index (χ1v) is 6.87. The molecule has 0 aromatic heterocycles. The van der Waals surface area contributed by atoms with E-state index < -0.39 is 0 Å². The van der Waals surface area contributed by atoms with Crippen LogP contribution in [0.4, 0.5) is 4.39 Å². The molecule has 2 rings (SSSR count). The van der Waals surface area contributed by atoms with Gasteiger partial charge in [-0.05, 0) is 25.1 Å². The number of benzene rings is 1. The summed E-state index contributed by atoms with van der Waals surface area (Å²) in [6.07, 6.45) is 1.08. The average molecular weight is 260 g/mol. The van der Waals surface area contributed by atoms with Crippen LogP contribution in [0.25, 0.3) is 0 Å². The van der Waals surface area contributed by atoms with Gasteiger partial charge >= 0.3 is 0 Å². The molecule has 1 N–H and O–H groups in total. The molecule has 0 bridgehead atoms. The second-order valence-corrected chi connectivity index (χ2v) is 5.59. The molecule has 4 heteroatoms. The summed E-state index contributed by atoms with van der Waals surface area (Å²) in [7, 11) is 1.93. The fourth-order valence-corrected chi connectivity index (χ4v) is 3.79. The van der Waals surface area contributed by atoms with Gasteiger partial charge < -0.3 is 5.32 Å². The van der Waals surface area contributed by atoms with Gasteiger partial charge in [0.15, 0.2) is 0 Å². The summed E-state index contributed by atoms with van der Waals surface area (Å²) in [6.45, 7) is 2.17. The summed E-state index contributed by atoms with van der Waals surface area (Å²) in [5.41, 5.74) is 1.83. The first-order chi connectivity index (χ1) is 7.69. The van der Waals surface area contributed by atoms with E-state index in [9.17, 15) is 4.39 Å². The van der Waals surface area contributed by atoms with Crippen molar-refractivity contribution in [2.75, 3.05) is 7.05 Å². The molecule has 2 unspecified atom stereocenters. The topological polar surface area (TPSA) is 12.0 Å². The Balaban J connectivity index is 2.46. The van der Waals surface area contributed by atoms with E-state index >= 15 is 0 Å². The molecular formula is C12H15ClFNS. The molecule has 0 saturated carbocycles.